The number of aromatic nitrogens is 1. The van der Waals surface area contributed by atoms with Crippen molar-refractivity contribution in [2.24, 2.45) is 0 Å². The number of aryl methyl sites for hydroxylation is 1. The highest BCUT2D eigenvalue weighted by atomic mass is 79.9. The Morgan fingerprint density at radius 2 is 1.73 bits per heavy atom. The molecule has 0 bridgehead atoms. The first-order chi connectivity index (χ1) is 12.4. The highest BCUT2D eigenvalue weighted by molar-refractivity contribution is 9.10. The van der Waals surface area contributed by atoms with Gasteiger partial charge in [-0.25, -0.2) is 0 Å². The largest absolute Gasteiger partial charge is 0.318 e. The van der Waals surface area contributed by atoms with Gasteiger partial charge in [-0.3, -0.25) is 4.79 Å². The second kappa shape index (κ2) is 8.22. The molecule has 0 radical (unpaired) electrons. The molecule has 0 aliphatic rings. The second-order valence-electron chi connectivity index (χ2n) is 5.88. The summed E-state index contributed by atoms with van der Waals surface area (Å²) in [6, 6.07) is 15.4. The Bertz CT molecular complexity index is 967. The monoisotopic (exact) mass is 467 g/mol. The van der Waals surface area contributed by atoms with Crippen LogP contribution in [0.1, 0.15) is 21.7 Å². The Balaban J connectivity index is 1.83. The summed E-state index contributed by atoms with van der Waals surface area (Å²) in [4.78, 5) is 13.8. The van der Waals surface area contributed by atoms with Crippen LogP contribution >= 0.6 is 50.9 Å². The number of hydrogen-bond acceptors (Lipinski definition) is 2. The lowest BCUT2D eigenvalue weighted by molar-refractivity contribution is 0.102. The maximum atomic E-state index is 12.7. The lowest BCUT2D eigenvalue weighted by Crippen LogP contribution is -2.05. The summed E-state index contributed by atoms with van der Waals surface area (Å²) in [5.74, 6) is 0.505. The predicted molar refractivity (Wildman–Crippen MR) is 114 cm³/mol. The van der Waals surface area contributed by atoms with Crippen molar-refractivity contribution < 1.29 is 4.79 Å². The summed E-state index contributed by atoms with van der Waals surface area (Å²) in [6.07, 6.45) is 0. The summed E-state index contributed by atoms with van der Waals surface area (Å²) in [5.41, 5.74) is 3.52. The van der Waals surface area contributed by atoms with Gasteiger partial charge in [0.2, 0.25) is 0 Å². The van der Waals surface area contributed by atoms with Crippen molar-refractivity contribution in [1.29, 1.82) is 0 Å². The van der Waals surface area contributed by atoms with E-state index in [1.807, 2.05) is 60.9 Å². The Morgan fingerprint density at radius 3 is 2.38 bits per heavy atom. The zero-order valence-corrected chi connectivity index (χ0v) is 18.1. The molecular formula is C20H16BrCl2NOS. The van der Waals surface area contributed by atoms with Gasteiger partial charge in [-0.15, -0.1) is 11.8 Å². The normalized spacial score (nSPS) is 11.0. The van der Waals surface area contributed by atoms with Gasteiger partial charge in [0.1, 0.15) is 0 Å². The molecule has 26 heavy (non-hydrogen) atoms. The van der Waals surface area contributed by atoms with E-state index in [4.69, 9.17) is 23.2 Å². The molecule has 134 valence electrons. The van der Waals surface area contributed by atoms with Gasteiger partial charge < -0.3 is 4.57 Å². The van der Waals surface area contributed by atoms with Gasteiger partial charge in [0.05, 0.1) is 15.8 Å². The molecule has 0 saturated heterocycles. The fourth-order valence-electron chi connectivity index (χ4n) is 2.82. The van der Waals surface area contributed by atoms with Crippen molar-refractivity contribution >= 4 is 56.7 Å². The molecule has 0 fully saturated rings. The van der Waals surface area contributed by atoms with Crippen molar-refractivity contribution in [3.63, 3.8) is 0 Å². The van der Waals surface area contributed by atoms with Crippen molar-refractivity contribution in [3.8, 4) is 5.69 Å². The fraction of sp³-hybridized carbons (Fsp3) is 0.150. The molecule has 2 nitrogen and oxygen atoms in total. The van der Waals surface area contributed by atoms with Crippen LogP contribution in [0.4, 0.5) is 0 Å². The summed E-state index contributed by atoms with van der Waals surface area (Å²) in [6.45, 7) is 3.93. The van der Waals surface area contributed by atoms with E-state index < -0.39 is 0 Å². The van der Waals surface area contributed by atoms with Crippen LogP contribution < -0.4 is 0 Å². The first-order valence-electron chi connectivity index (χ1n) is 7.92. The number of halogens is 3. The summed E-state index contributed by atoms with van der Waals surface area (Å²) in [7, 11) is 0. The topological polar surface area (TPSA) is 22.0 Å². The van der Waals surface area contributed by atoms with E-state index in [1.54, 1.807) is 6.07 Å². The molecule has 6 heteroatoms. The zero-order valence-electron chi connectivity index (χ0n) is 14.2. The molecule has 0 atom stereocenters. The maximum Gasteiger partial charge on any atom is 0.174 e. The number of nitrogens with zero attached hydrogens (tertiary/aromatic N) is 1. The van der Waals surface area contributed by atoms with Crippen LogP contribution in [0.3, 0.4) is 0 Å². The van der Waals surface area contributed by atoms with Gasteiger partial charge in [-0.1, -0.05) is 39.1 Å². The molecular weight excluding hydrogens is 453 g/mol. The van der Waals surface area contributed by atoms with Crippen LogP contribution in [0.2, 0.25) is 10.0 Å². The van der Waals surface area contributed by atoms with Crippen LogP contribution in [0.15, 0.2) is 57.9 Å². The Morgan fingerprint density at radius 1 is 1.04 bits per heavy atom. The molecule has 2 aromatic carbocycles. The number of ketones is 1. The number of carbonyl (C=O) groups is 1. The van der Waals surface area contributed by atoms with Gasteiger partial charge in [-0.05, 0) is 62.4 Å². The number of hydrogen-bond donors (Lipinski definition) is 0. The van der Waals surface area contributed by atoms with E-state index >= 15 is 0 Å². The third kappa shape index (κ3) is 4.20. The zero-order chi connectivity index (χ0) is 18.8. The van der Waals surface area contributed by atoms with Gasteiger partial charge >= 0.3 is 0 Å². The van der Waals surface area contributed by atoms with Crippen LogP contribution in [0.5, 0.6) is 0 Å². The molecule has 0 aliphatic heterocycles. The minimum absolute atomic E-state index is 0.109. The molecule has 0 amide bonds. The van der Waals surface area contributed by atoms with E-state index in [0.29, 0.717) is 15.8 Å². The number of rotatable bonds is 5. The third-order valence-corrected chi connectivity index (χ3v) is 6.36. The molecule has 0 saturated carbocycles. The standard InChI is InChI=1S/C20H16BrCl2NOS/c1-12-9-17(20(25)11-26-16-6-3-14(21)4-7-16)13(2)24(12)15-5-8-18(22)19(23)10-15/h3-10H,11H2,1-2H3. The predicted octanol–water partition coefficient (Wildman–Crippen LogP) is 7.14. The average molecular weight is 469 g/mol. The van der Waals surface area contributed by atoms with Crippen LogP contribution in [-0.2, 0) is 0 Å². The Labute approximate surface area is 175 Å². The van der Waals surface area contributed by atoms with E-state index in [0.717, 1.165) is 32.0 Å². The van der Waals surface area contributed by atoms with Gasteiger partial charge in [-0.2, -0.15) is 0 Å². The third-order valence-electron chi connectivity index (χ3n) is 4.08. The Hall–Kier alpha value is -1.20. The van der Waals surface area contributed by atoms with Crippen LogP contribution in [0.25, 0.3) is 5.69 Å². The van der Waals surface area contributed by atoms with E-state index in [9.17, 15) is 4.79 Å². The van der Waals surface area contributed by atoms with Gasteiger partial charge in [0.25, 0.3) is 0 Å². The highest BCUT2D eigenvalue weighted by Crippen LogP contribution is 2.29. The minimum atomic E-state index is 0.109. The molecule has 3 rings (SSSR count). The number of Topliss-reactive ketones (excluding diaryl/α,β-unsaturated/α-hetero) is 1. The SMILES string of the molecule is Cc1cc(C(=O)CSc2ccc(Br)cc2)c(C)n1-c1ccc(Cl)c(Cl)c1. The average Bonchev–Trinajstić information content (AvgIpc) is 2.91. The van der Waals surface area contributed by atoms with E-state index in [1.165, 1.54) is 11.8 Å². The number of carbonyl (C=O) groups excluding carboxylic acids is 1. The number of benzene rings is 2. The minimum Gasteiger partial charge on any atom is -0.318 e. The fourth-order valence-corrected chi connectivity index (χ4v) is 4.16. The van der Waals surface area contributed by atoms with Gasteiger partial charge in [0.15, 0.2) is 5.78 Å². The molecule has 1 heterocycles. The van der Waals surface area contributed by atoms with Crippen molar-refractivity contribution in [3.05, 3.63) is 80.0 Å². The maximum absolute atomic E-state index is 12.7. The van der Waals surface area contributed by atoms with E-state index in [2.05, 4.69) is 15.9 Å². The van der Waals surface area contributed by atoms with Crippen molar-refractivity contribution in [2.75, 3.05) is 5.75 Å². The molecule has 0 N–H and O–H groups in total. The second-order valence-corrected chi connectivity index (χ2v) is 8.66. The molecule has 1 aromatic heterocycles. The summed E-state index contributed by atoms with van der Waals surface area (Å²) < 4.78 is 3.05. The van der Waals surface area contributed by atoms with Crippen LogP contribution in [-0.4, -0.2) is 16.1 Å². The first-order valence-corrected chi connectivity index (χ1v) is 10.5. The number of thioether (sulfide) groups is 1. The van der Waals surface area contributed by atoms with Crippen LogP contribution in [0, 0.1) is 13.8 Å². The molecule has 3 aromatic rings. The quantitative estimate of drug-likeness (QED) is 0.293. The molecule has 0 aliphatic carbocycles. The smallest absolute Gasteiger partial charge is 0.174 e. The summed E-state index contributed by atoms with van der Waals surface area (Å²) >= 11 is 17.1. The van der Waals surface area contributed by atoms with Gasteiger partial charge in [0, 0.05) is 32.0 Å². The lowest BCUT2D eigenvalue weighted by Gasteiger charge is -2.11. The van der Waals surface area contributed by atoms with E-state index in [-0.39, 0.29) is 5.78 Å². The molecule has 0 unspecified atom stereocenters. The summed E-state index contributed by atoms with van der Waals surface area (Å²) in [5, 5.41) is 1.01. The Kier molecular flexibility index (Phi) is 6.18. The molecule has 0 spiro atoms. The highest BCUT2D eigenvalue weighted by Gasteiger charge is 2.17. The first kappa shape index (κ1) is 19.6. The van der Waals surface area contributed by atoms with Crippen molar-refractivity contribution in [1.82, 2.24) is 4.57 Å². The van der Waals surface area contributed by atoms with Crippen molar-refractivity contribution in [2.45, 2.75) is 18.7 Å². The lowest BCUT2D eigenvalue weighted by atomic mass is 10.2.